The van der Waals surface area contributed by atoms with Crippen LogP contribution in [0.1, 0.15) is 17.4 Å². The van der Waals surface area contributed by atoms with Crippen molar-refractivity contribution >= 4 is 35.0 Å². The second-order valence-corrected chi connectivity index (χ2v) is 7.46. The highest BCUT2D eigenvalue weighted by atomic mass is 35.5. The maximum Gasteiger partial charge on any atom is 0.240 e. The standard InChI is InChI=1S/C18H16ClN5OS/c1-11-21-22-18-24(11)23-15(12-7-9-13(19)10-8-12)16(26-18)17(25)20-14-5-3-2-4-6-14/h2-10,15-16,23H,1H3,(H,20,25)/t15-,16-/m0/s1. The normalized spacial score (nSPS) is 18.7. The van der Waals surface area contributed by atoms with Crippen LogP contribution in [-0.4, -0.2) is 26.0 Å². The number of thioether (sulfide) groups is 1. The Morgan fingerprint density at radius 2 is 1.88 bits per heavy atom. The van der Waals surface area contributed by atoms with E-state index in [-0.39, 0.29) is 11.9 Å². The number of aryl methyl sites for hydroxylation is 1. The minimum Gasteiger partial charge on any atom is -0.325 e. The van der Waals surface area contributed by atoms with Gasteiger partial charge in [-0.05, 0) is 36.8 Å². The lowest BCUT2D eigenvalue weighted by Gasteiger charge is -2.32. The van der Waals surface area contributed by atoms with Crippen LogP contribution in [0.25, 0.3) is 0 Å². The van der Waals surface area contributed by atoms with Crippen LogP contribution in [0.5, 0.6) is 0 Å². The third-order valence-corrected chi connectivity index (χ3v) is 5.59. The quantitative estimate of drug-likeness (QED) is 0.720. The van der Waals surface area contributed by atoms with E-state index in [1.807, 2.05) is 66.2 Å². The number of anilines is 1. The average Bonchev–Trinajstić information content (AvgIpc) is 3.02. The summed E-state index contributed by atoms with van der Waals surface area (Å²) in [6, 6.07) is 16.7. The van der Waals surface area contributed by atoms with Gasteiger partial charge in [-0.3, -0.25) is 4.79 Å². The Bertz CT molecular complexity index is 929. The second-order valence-electron chi connectivity index (χ2n) is 5.92. The summed E-state index contributed by atoms with van der Waals surface area (Å²) in [6.07, 6.45) is 0. The van der Waals surface area contributed by atoms with Gasteiger partial charge in [0.2, 0.25) is 11.1 Å². The Morgan fingerprint density at radius 3 is 2.62 bits per heavy atom. The van der Waals surface area contributed by atoms with Crippen LogP contribution in [0.15, 0.2) is 59.8 Å². The maximum atomic E-state index is 13.0. The molecule has 1 amide bonds. The first-order valence-corrected chi connectivity index (χ1v) is 9.34. The van der Waals surface area contributed by atoms with Crippen LogP contribution in [0.2, 0.25) is 5.02 Å². The number of nitrogens with one attached hydrogen (secondary N) is 2. The topological polar surface area (TPSA) is 71.8 Å². The molecule has 6 nitrogen and oxygen atoms in total. The average molecular weight is 386 g/mol. The van der Waals surface area contributed by atoms with Gasteiger partial charge in [-0.1, -0.05) is 53.7 Å². The molecule has 2 N–H and O–H groups in total. The molecular formula is C18H16ClN5OS. The minimum atomic E-state index is -0.410. The number of rotatable bonds is 3. The smallest absolute Gasteiger partial charge is 0.240 e. The van der Waals surface area contributed by atoms with Crippen molar-refractivity contribution in [1.82, 2.24) is 14.9 Å². The summed E-state index contributed by atoms with van der Waals surface area (Å²) in [6.45, 7) is 1.87. The Balaban J connectivity index is 1.67. The van der Waals surface area contributed by atoms with Crippen molar-refractivity contribution in [2.75, 3.05) is 10.7 Å². The molecule has 0 aliphatic carbocycles. The minimum absolute atomic E-state index is 0.0967. The molecule has 2 atom stereocenters. The van der Waals surface area contributed by atoms with Crippen molar-refractivity contribution in [3.8, 4) is 0 Å². The van der Waals surface area contributed by atoms with E-state index < -0.39 is 5.25 Å². The van der Waals surface area contributed by atoms with Gasteiger partial charge < -0.3 is 10.7 Å². The lowest BCUT2D eigenvalue weighted by molar-refractivity contribution is -0.116. The molecule has 3 aromatic rings. The Kier molecular flexibility index (Phi) is 4.57. The number of hydrogen-bond donors (Lipinski definition) is 2. The first kappa shape index (κ1) is 16.9. The van der Waals surface area contributed by atoms with Gasteiger partial charge in [0.25, 0.3) is 0 Å². The number of carbonyl (C=O) groups is 1. The van der Waals surface area contributed by atoms with Gasteiger partial charge in [-0.2, -0.15) is 0 Å². The number of benzene rings is 2. The molecule has 0 bridgehead atoms. The van der Waals surface area contributed by atoms with Crippen LogP contribution in [-0.2, 0) is 4.79 Å². The molecule has 2 heterocycles. The van der Waals surface area contributed by atoms with E-state index in [1.165, 1.54) is 11.8 Å². The summed E-state index contributed by atoms with van der Waals surface area (Å²) in [5.74, 6) is 0.647. The predicted octanol–water partition coefficient (Wildman–Crippen LogP) is 3.64. The van der Waals surface area contributed by atoms with Crippen molar-refractivity contribution in [1.29, 1.82) is 0 Å². The Morgan fingerprint density at radius 1 is 1.15 bits per heavy atom. The zero-order valence-electron chi connectivity index (χ0n) is 13.9. The number of nitrogens with zero attached hydrogens (tertiary/aromatic N) is 3. The fourth-order valence-corrected chi connectivity index (χ4v) is 4.07. The molecule has 2 aromatic carbocycles. The lowest BCUT2D eigenvalue weighted by Crippen LogP contribution is -2.41. The molecule has 0 fully saturated rings. The van der Waals surface area contributed by atoms with Crippen molar-refractivity contribution < 1.29 is 4.79 Å². The highest BCUT2D eigenvalue weighted by Crippen LogP contribution is 2.37. The van der Waals surface area contributed by atoms with Gasteiger partial charge in [0, 0.05) is 10.7 Å². The number of carbonyl (C=O) groups excluding carboxylic acids is 1. The molecular weight excluding hydrogens is 370 g/mol. The van der Waals surface area contributed by atoms with E-state index in [1.54, 1.807) is 0 Å². The molecule has 0 radical (unpaired) electrons. The van der Waals surface area contributed by atoms with Crippen LogP contribution in [0, 0.1) is 6.92 Å². The maximum absolute atomic E-state index is 13.0. The highest BCUT2D eigenvalue weighted by molar-refractivity contribution is 8.00. The fourth-order valence-electron chi connectivity index (χ4n) is 2.82. The van der Waals surface area contributed by atoms with E-state index in [2.05, 4.69) is 20.9 Å². The van der Waals surface area contributed by atoms with Gasteiger partial charge in [-0.15, -0.1) is 10.2 Å². The Labute approximate surface area is 159 Å². The predicted molar refractivity (Wildman–Crippen MR) is 103 cm³/mol. The van der Waals surface area contributed by atoms with Crippen molar-refractivity contribution in [3.05, 3.63) is 71.0 Å². The van der Waals surface area contributed by atoms with Crippen molar-refractivity contribution in [2.45, 2.75) is 23.4 Å². The van der Waals surface area contributed by atoms with Crippen molar-refractivity contribution in [2.24, 2.45) is 0 Å². The SMILES string of the molecule is Cc1nnc2n1N[C@@H](c1ccc(Cl)cc1)[C@@H](C(=O)Nc1ccccc1)S2. The number of para-hydroxylation sites is 1. The molecule has 132 valence electrons. The van der Waals surface area contributed by atoms with Crippen LogP contribution in [0.4, 0.5) is 5.69 Å². The van der Waals surface area contributed by atoms with E-state index in [0.717, 1.165) is 17.1 Å². The summed E-state index contributed by atoms with van der Waals surface area (Å²) in [5.41, 5.74) is 5.09. The van der Waals surface area contributed by atoms with Crippen LogP contribution in [0.3, 0.4) is 0 Å². The second kappa shape index (κ2) is 7.01. The van der Waals surface area contributed by atoms with Gasteiger partial charge in [0.05, 0.1) is 6.04 Å². The number of amides is 1. The molecule has 0 saturated carbocycles. The molecule has 0 saturated heterocycles. The summed E-state index contributed by atoms with van der Waals surface area (Å²) in [5, 5.41) is 12.1. The number of aromatic nitrogens is 3. The zero-order valence-corrected chi connectivity index (χ0v) is 15.5. The number of fused-ring (bicyclic) bond motifs is 1. The van der Waals surface area contributed by atoms with E-state index in [0.29, 0.717) is 10.2 Å². The molecule has 8 heteroatoms. The molecule has 0 spiro atoms. The van der Waals surface area contributed by atoms with Gasteiger partial charge in [0.15, 0.2) is 0 Å². The lowest BCUT2D eigenvalue weighted by atomic mass is 10.0. The number of hydrogen-bond acceptors (Lipinski definition) is 5. The van der Waals surface area contributed by atoms with E-state index in [9.17, 15) is 4.79 Å². The molecule has 26 heavy (non-hydrogen) atoms. The Hall–Kier alpha value is -2.51. The molecule has 1 aliphatic rings. The molecule has 1 aromatic heterocycles. The van der Waals surface area contributed by atoms with Crippen LogP contribution < -0.4 is 10.7 Å². The third-order valence-electron chi connectivity index (χ3n) is 4.13. The molecule has 1 aliphatic heterocycles. The summed E-state index contributed by atoms with van der Waals surface area (Å²) < 4.78 is 1.82. The van der Waals surface area contributed by atoms with Crippen molar-refractivity contribution in [3.63, 3.8) is 0 Å². The number of halogens is 1. The summed E-state index contributed by atoms with van der Waals surface area (Å²) in [4.78, 5) is 13.0. The van der Waals surface area contributed by atoms with E-state index in [4.69, 9.17) is 11.6 Å². The monoisotopic (exact) mass is 385 g/mol. The summed E-state index contributed by atoms with van der Waals surface area (Å²) in [7, 11) is 0. The first-order valence-electron chi connectivity index (χ1n) is 8.08. The molecule has 0 unspecified atom stereocenters. The first-order chi connectivity index (χ1) is 12.6. The highest BCUT2D eigenvalue weighted by Gasteiger charge is 2.37. The third kappa shape index (κ3) is 3.27. The summed E-state index contributed by atoms with van der Waals surface area (Å²) >= 11 is 7.41. The van der Waals surface area contributed by atoms with Gasteiger partial charge >= 0.3 is 0 Å². The zero-order chi connectivity index (χ0) is 18.1. The van der Waals surface area contributed by atoms with Gasteiger partial charge in [0.1, 0.15) is 11.1 Å². The van der Waals surface area contributed by atoms with E-state index >= 15 is 0 Å². The fraction of sp³-hybridized carbons (Fsp3) is 0.167. The van der Waals surface area contributed by atoms with Gasteiger partial charge in [-0.25, -0.2) is 4.68 Å². The molecule has 4 rings (SSSR count). The largest absolute Gasteiger partial charge is 0.325 e. The van der Waals surface area contributed by atoms with Crippen LogP contribution >= 0.6 is 23.4 Å².